The van der Waals surface area contributed by atoms with E-state index >= 15 is 0 Å². The van der Waals surface area contributed by atoms with Gasteiger partial charge in [0.05, 0.1) is 5.52 Å². The highest BCUT2D eigenvalue weighted by Gasteiger charge is 2.24. The molecule has 1 aromatic heterocycles. The summed E-state index contributed by atoms with van der Waals surface area (Å²) in [6.45, 7) is 0. The van der Waals surface area contributed by atoms with E-state index < -0.39 is 0 Å². The fraction of sp³-hybridized carbons (Fsp3) is 0.375. The van der Waals surface area contributed by atoms with Crippen molar-refractivity contribution >= 4 is 35.0 Å². The van der Waals surface area contributed by atoms with E-state index in [4.69, 9.17) is 5.73 Å². The first-order valence-corrected chi connectivity index (χ1v) is 7.14. The summed E-state index contributed by atoms with van der Waals surface area (Å²) in [6.07, 6.45) is 3.70. The van der Waals surface area contributed by atoms with Crippen LogP contribution in [0.5, 0.6) is 0 Å². The van der Waals surface area contributed by atoms with E-state index in [9.17, 15) is 4.79 Å². The maximum absolute atomic E-state index is 11.2. The van der Waals surface area contributed by atoms with Crippen molar-refractivity contribution in [3.63, 3.8) is 0 Å². The second-order valence-corrected chi connectivity index (χ2v) is 5.48. The van der Waals surface area contributed by atoms with Crippen molar-refractivity contribution in [1.82, 2.24) is 4.98 Å². The van der Waals surface area contributed by atoms with Crippen LogP contribution in [0.1, 0.15) is 25.7 Å². The van der Waals surface area contributed by atoms with Crippen LogP contribution < -0.4 is 11.1 Å². The minimum absolute atomic E-state index is 0. The summed E-state index contributed by atoms with van der Waals surface area (Å²) < 4.78 is 0. The predicted octanol–water partition coefficient (Wildman–Crippen LogP) is 3.11. The Morgan fingerprint density at radius 3 is 2.52 bits per heavy atom. The topological polar surface area (TPSA) is 68.0 Å². The van der Waals surface area contributed by atoms with Crippen LogP contribution in [0.15, 0.2) is 36.4 Å². The first-order chi connectivity index (χ1) is 9.72. The highest BCUT2D eigenvalue weighted by atomic mass is 35.5. The monoisotopic (exact) mass is 305 g/mol. The molecule has 0 radical (unpaired) electrons. The summed E-state index contributed by atoms with van der Waals surface area (Å²) in [6, 6.07) is 12.6. The van der Waals surface area contributed by atoms with Gasteiger partial charge in [-0.15, -0.1) is 12.4 Å². The number of anilines is 1. The molecule has 0 saturated heterocycles. The third-order valence-corrected chi connectivity index (χ3v) is 4.08. The number of nitrogens with zero attached hydrogens (tertiary/aromatic N) is 1. The summed E-state index contributed by atoms with van der Waals surface area (Å²) in [4.78, 5) is 15.8. The minimum atomic E-state index is -0.160. The Morgan fingerprint density at radius 2 is 1.81 bits per heavy atom. The SMILES string of the molecule is Cl.NC(=O)C1CCC(Nc2ccc3ccccc3n2)CC1. The van der Waals surface area contributed by atoms with Crippen molar-refractivity contribution in [2.24, 2.45) is 11.7 Å². The second-order valence-electron chi connectivity index (χ2n) is 5.48. The van der Waals surface area contributed by atoms with E-state index in [0.717, 1.165) is 42.4 Å². The van der Waals surface area contributed by atoms with Gasteiger partial charge in [0.2, 0.25) is 5.91 Å². The molecule has 3 N–H and O–H groups in total. The Hall–Kier alpha value is -1.81. The Morgan fingerprint density at radius 1 is 1.10 bits per heavy atom. The Bertz CT molecular complexity index is 624. The molecule has 4 nitrogen and oxygen atoms in total. The van der Waals surface area contributed by atoms with Gasteiger partial charge in [0, 0.05) is 17.3 Å². The molecule has 0 atom stereocenters. The van der Waals surface area contributed by atoms with Crippen LogP contribution in [0.4, 0.5) is 5.82 Å². The number of halogens is 1. The molecule has 0 spiro atoms. The first kappa shape index (κ1) is 15.6. The molecular weight excluding hydrogens is 286 g/mol. The van der Waals surface area contributed by atoms with Crippen LogP contribution in [0.25, 0.3) is 10.9 Å². The largest absolute Gasteiger partial charge is 0.369 e. The molecule has 1 aliphatic carbocycles. The standard InChI is InChI=1S/C16H19N3O.ClH/c17-16(20)12-5-8-13(9-6-12)18-15-10-7-11-3-1-2-4-14(11)19-15;/h1-4,7,10,12-13H,5-6,8-9H2,(H2,17,20)(H,18,19);1H. The molecule has 0 aliphatic heterocycles. The number of nitrogens with two attached hydrogens (primary N) is 1. The molecule has 5 heteroatoms. The maximum Gasteiger partial charge on any atom is 0.220 e. The van der Waals surface area contributed by atoms with Crippen molar-refractivity contribution in [3.05, 3.63) is 36.4 Å². The lowest BCUT2D eigenvalue weighted by atomic mass is 9.85. The number of rotatable bonds is 3. The normalized spacial score (nSPS) is 21.5. The van der Waals surface area contributed by atoms with Gasteiger partial charge in [0.25, 0.3) is 0 Å². The van der Waals surface area contributed by atoms with Gasteiger partial charge in [-0.1, -0.05) is 18.2 Å². The van der Waals surface area contributed by atoms with E-state index in [1.807, 2.05) is 24.3 Å². The lowest BCUT2D eigenvalue weighted by Gasteiger charge is -2.27. The van der Waals surface area contributed by atoms with Gasteiger partial charge in [0.1, 0.15) is 5.82 Å². The van der Waals surface area contributed by atoms with Gasteiger partial charge < -0.3 is 11.1 Å². The number of aromatic nitrogens is 1. The lowest BCUT2D eigenvalue weighted by Crippen LogP contribution is -2.32. The van der Waals surface area contributed by atoms with Crippen molar-refractivity contribution in [1.29, 1.82) is 0 Å². The number of carbonyl (C=O) groups excluding carboxylic acids is 1. The second kappa shape index (κ2) is 6.76. The molecular formula is C16H20ClN3O. The van der Waals surface area contributed by atoms with Crippen LogP contribution in [-0.2, 0) is 4.79 Å². The fourth-order valence-electron chi connectivity index (χ4n) is 2.88. The predicted molar refractivity (Wildman–Crippen MR) is 87.6 cm³/mol. The Balaban J connectivity index is 0.00000161. The molecule has 1 aromatic carbocycles. The number of hydrogen-bond donors (Lipinski definition) is 2. The first-order valence-electron chi connectivity index (χ1n) is 7.14. The van der Waals surface area contributed by atoms with Gasteiger partial charge in [-0.3, -0.25) is 4.79 Å². The molecule has 1 aliphatic rings. The van der Waals surface area contributed by atoms with E-state index in [2.05, 4.69) is 22.4 Å². The van der Waals surface area contributed by atoms with Crippen LogP contribution >= 0.6 is 12.4 Å². The highest BCUT2D eigenvalue weighted by Crippen LogP contribution is 2.26. The number of para-hydroxylation sites is 1. The summed E-state index contributed by atoms with van der Waals surface area (Å²) in [5.74, 6) is 0.802. The number of benzene rings is 1. The van der Waals surface area contributed by atoms with Crippen molar-refractivity contribution < 1.29 is 4.79 Å². The molecule has 0 unspecified atom stereocenters. The van der Waals surface area contributed by atoms with Crippen LogP contribution in [0.2, 0.25) is 0 Å². The summed E-state index contributed by atoms with van der Waals surface area (Å²) >= 11 is 0. The molecule has 2 aromatic rings. The molecule has 1 amide bonds. The molecule has 21 heavy (non-hydrogen) atoms. The van der Waals surface area contributed by atoms with Gasteiger partial charge >= 0.3 is 0 Å². The quantitative estimate of drug-likeness (QED) is 0.915. The summed E-state index contributed by atoms with van der Waals surface area (Å²) in [5, 5.41) is 4.62. The zero-order valence-electron chi connectivity index (χ0n) is 11.8. The summed E-state index contributed by atoms with van der Waals surface area (Å²) in [5.41, 5.74) is 6.36. The van der Waals surface area contributed by atoms with Crippen LogP contribution in [0, 0.1) is 5.92 Å². The average Bonchev–Trinajstić information content (AvgIpc) is 2.48. The Kier molecular flexibility index (Phi) is 5.02. The maximum atomic E-state index is 11.2. The molecule has 3 rings (SSSR count). The van der Waals surface area contributed by atoms with E-state index in [0.29, 0.717) is 6.04 Å². The fourth-order valence-corrected chi connectivity index (χ4v) is 2.88. The van der Waals surface area contributed by atoms with Crippen LogP contribution in [0.3, 0.4) is 0 Å². The third kappa shape index (κ3) is 3.64. The molecule has 1 heterocycles. The third-order valence-electron chi connectivity index (χ3n) is 4.08. The van der Waals surface area contributed by atoms with E-state index in [-0.39, 0.29) is 24.2 Å². The molecule has 1 saturated carbocycles. The number of fused-ring (bicyclic) bond motifs is 1. The number of amides is 1. The zero-order chi connectivity index (χ0) is 13.9. The molecule has 0 bridgehead atoms. The number of hydrogen-bond acceptors (Lipinski definition) is 3. The molecule has 112 valence electrons. The van der Waals surface area contributed by atoms with Crippen LogP contribution in [-0.4, -0.2) is 16.9 Å². The van der Waals surface area contributed by atoms with Gasteiger partial charge in [-0.05, 0) is 43.9 Å². The minimum Gasteiger partial charge on any atom is -0.369 e. The van der Waals surface area contributed by atoms with Crippen molar-refractivity contribution in [2.45, 2.75) is 31.7 Å². The Labute approximate surface area is 130 Å². The molecule has 1 fully saturated rings. The number of pyridine rings is 1. The smallest absolute Gasteiger partial charge is 0.220 e. The number of nitrogens with one attached hydrogen (secondary N) is 1. The van der Waals surface area contributed by atoms with E-state index in [1.165, 1.54) is 0 Å². The highest BCUT2D eigenvalue weighted by molar-refractivity contribution is 5.85. The zero-order valence-corrected chi connectivity index (χ0v) is 12.6. The van der Waals surface area contributed by atoms with Gasteiger partial charge in [-0.25, -0.2) is 4.98 Å². The van der Waals surface area contributed by atoms with Crippen molar-refractivity contribution in [3.8, 4) is 0 Å². The van der Waals surface area contributed by atoms with Gasteiger partial charge in [-0.2, -0.15) is 0 Å². The van der Waals surface area contributed by atoms with Crippen molar-refractivity contribution in [2.75, 3.05) is 5.32 Å². The van der Waals surface area contributed by atoms with Gasteiger partial charge in [0.15, 0.2) is 0 Å². The lowest BCUT2D eigenvalue weighted by molar-refractivity contribution is -0.122. The number of primary amides is 1. The number of carbonyl (C=O) groups is 1. The average molecular weight is 306 g/mol. The summed E-state index contributed by atoms with van der Waals surface area (Å²) in [7, 11) is 0. The van der Waals surface area contributed by atoms with E-state index in [1.54, 1.807) is 0 Å².